The number of aryl methyl sites for hydroxylation is 1. The SMILES string of the molecule is Cc1nn(-c2ccccc2)c(CSc2nnnn2C(C)(C)C)c1C#N. The maximum Gasteiger partial charge on any atom is 0.210 e. The first-order valence-corrected chi connectivity index (χ1v) is 8.86. The molecule has 0 radical (unpaired) electrons. The van der Waals surface area contributed by atoms with Crippen LogP contribution in [0.25, 0.3) is 5.69 Å². The van der Waals surface area contributed by atoms with Crippen molar-refractivity contribution in [3.05, 3.63) is 47.3 Å². The van der Waals surface area contributed by atoms with Crippen LogP contribution >= 0.6 is 11.8 Å². The van der Waals surface area contributed by atoms with Gasteiger partial charge < -0.3 is 0 Å². The van der Waals surface area contributed by atoms with Gasteiger partial charge in [0.1, 0.15) is 6.07 Å². The molecule has 0 fully saturated rings. The van der Waals surface area contributed by atoms with Gasteiger partial charge in [-0.2, -0.15) is 10.4 Å². The summed E-state index contributed by atoms with van der Waals surface area (Å²) < 4.78 is 3.62. The van der Waals surface area contributed by atoms with Crippen LogP contribution in [0.1, 0.15) is 37.7 Å². The lowest BCUT2D eigenvalue weighted by Gasteiger charge is -2.19. The third kappa shape index (κ3) is 3.42. The van der Waals surface area contributed by atoms with Crippen LogP contribution in [0.3, 0.4) is 0 Å². The number of benzene rings is 1. The molecule has 0 aliphatic heterocycles. The topological polar surface area (TPSA) is 85.2 Å². The van der Waals surface area contributed by atoms with E-state index in [1.54, 1.807) is 4.68 Å². The van der Waals surface area contributed by atoms with E-state index in [-0.39, 0.29) is 5.54 Å². The van der Waals surface area contributed by atoms with Gasteiger partial charge in [0, 0.05) is 5.75 Å². The molecule has 0 saturated carbocycles. The smallest absolute Gasteiger partial charge is 0.210 e. The first-order valence-electron chi connectivity index (χ1n) is 7.87. The Hall–Kier alpha value is -2.66. The molecule has 0 amide bonds. The lowest BCUT2D eigenvalue weighted by molar-refractivity contribution is 0.321. The van der Waals surface area contributed by atoms with Gasteiger partial charge in [-0.25, -0.2) is 9.36 Å². The summed E-state index contributed by atoms with van der Waals surface area (Å²) in [5.74, 6) is 0.551. The molecule has 3 aromatic rings. The van der Waals surface area contributed by atoms with Gasteiger partial charge in [0.05, 0.1) is 28.2 Å². The van der Waals surface area contributed by atoms with Crippen molar-refractivity contribution in [2.75, 3.05) is 0 Å². The average Bonchev–Trinajstić information content (AvgIpc) is 3.17. The third-order valence-electron chi connectivity index (χ3n) is 3.68. The molecule has 2 heterocycles. The second-order valence-electron chi connectivity index (χ2n) is 6.60. The zero-order valence-electron chi connectivity index (χ0n) is 14.6. The van der Waals surface area contributed by atoms with Gasteiger partial charge in [0.25, 0.3) is 0 Å². The van der Waals surface area contributed by atoms with E-state index in [9.17, 15) is 5.26 Å². The first kappa shape index (κ1) is 17.2. The summed E-state index contributed by atoms with van der Waals surface area (Å²) in [4.78, 5) is 0. The quantitative estimate of drug-likeness (QED) is 0.670. The molecule has 0 saturated heterocycles. The van der Waals surface area contributed by atoms with Gasteiger partial charge in [-0.1, -0.05) is 30.0 Å². The van der Waals surface area contributed by atoms with Crippen molar-refractivity contribution in [1.82, 2.24) is 30.0 Å². The number of aromatic nitrogens is 6. The van der Waals surface area contributed by atoms with Gasteiger partial charge in [0.15, 0.2) is 0 Å². The molecule has 0 N–H and O–H groups in total. The van der Waals surface area contributed by atoms with Crippen LogP contribution in [0.15, 0.2) is 35.5 Å². The third-order valence-corrected chi connectivity index (χ3v) is 4.61. The Kier molecular flexibility index (Phi) is 4.59. The number of thioether (sulfide) groups is 1. The number of rotatable bonds is 4. The van der Waals surface area contributed by atoms with Gasteiger partial charge in [-0.05, 0) is 50.3 Å². The molecule has 0 spiro atoms. The van der Waals surface area contributed by atoms with Crippen LogP contribution in [0.4, 0.5) is 0 Å². The fraction of sp³-hybridized carbons (Fsp3) is 0.353. The highest BCUT2D eigenvalue weighted by Crippen LogP contribution is 2.28. The molecule has 0 bridgehead atoms. The van der Waals surface area contributed by atoms with E-state index >= 15 is 0 Å². The number of nitrogens with zero attached hydrogens (tertiary/aromatic N) is 7. The van der Waals surface area contributed by atoms with Crippen LogP contribution in [0.2, 0.25) is 0 Å². The summed E-state index contributed by atoms with van der Waals surface area (Å²) in [7, 11) is 0. The highest BCUT2D eigenvalue weighted by molar-refractivity contribution is 7.98. The number of para-hydroxylation sites is 1. The molecule has 0 unspecified atom stereocenters. The summed E-state index contributed by atoms with van der Waals surface area (Å²) in [5.41, 5.74) is 2.89. The Bertz CT molecular complexity index is 913. The summed E-state index contributed by atoms with van der Waals surface area (Å²) in [6.45, 7) is 8.00. The van der Waals surface area contributed by atoms with Gasteiger partial charge in [0.2, 0.25) is 5.16 Å². The van der Waals surface area contributed by atoms with Crippen LogP contribution in [0, 0.1) is 18.3 Å². The predicted molar refractivity (Wildman–Crippen MR) is 95.4 cm³/mol. The van der Waals surface area contributed by atoms with Crippen molar-refractivity contribution in [3.63, 3.8) is 0 Å². The maximum absolute atomic E-state index is 9.54. The van der Waals surface area contributed by atoms with Gasteiger partial charge in [-0.3, -0.25) is 0 Å². The van der Waals surface area contributed by atoms with Crippen LogP contribution in [-0.4, -0.2) is 30.0 Å². The van der Waals surface area contributed by atoms with Crippen LogP contribution < -0.4 is 0 Å². The molecule has 1 aromatic carbocycles. The van der Waals surface area contributed by atoms with E-state index in [4.69, 9.17) is 0 Å². The average molecular weight is 353 g/mol. The van der Waals surface area contributed by atoms with E-state index in [2.05, 4.69) is 26.7 Å². The molecule has 25 heavy (non-hydrogen) atoms. The number of nitriles is 1. The molecule has 128 valence electrons. The summed E-state index contributed by atoms with van der Waals surface area (Å²) in [6, 6.07) is 12.1. The minimum Gasteiger partial charge on any atom is -0.235 e. The Labute approximate surface area is 150 Å². The molecule has 3 rings (SSSR count). The van der Waals surface area contributed by atoms with Crippen LogP contribution in [0.5, 0.6) is 0 Å². The minimum absolute atomic E-state index is 0.209. The second kappa shape index (κ2) is 6.69. The summed E-state index contributed by atoms with van der Waals surface area (Å²) in [6.07, 6.45) is 0. The molecule has 0 aliphatic carbocycles. The van der Waals surface area contributed by atoms with E-state index in [0.29, 0.717) is 11.3 Å². The molecular formula is C17H19N7S. The first-order chi connectivity index (χ1) is 11.9. The van der Waals surface area contributed by atoms with Crippen LogP contribution in [-0.2, 0) is 11.3 Å². The zero-order chi connectivity index (χ0) is 18.0. The van der Waals surface area contributed by atoms with E-state index in [0.717, 1.165) is 22.2 Å². The van der Waals surface area contributed by atoms with Gasteiger partial charge >= 0.3 is 0 Å². The second-order valence-corrected chi connectivity index (χ2v) is 7.54. The van der Waals surface area contributed by atoms with Crippen molar-refractivity contribution >= 4 is 11.8 Å². The normalized spacial score (nSPS) is 11.5. The molecule has 0 atom stereocenters. The monoisotopic (exact) mass is 353 g/mol. The number of tetrazole rings is 1. The molecule has 0 aliphatic rings. The fourth-order valence-corrected chi connectivity index (χ4v) is 3.52. The standard InChI is InChI=1S/C17H19N7S/c1-12-14(10-18)15(23(20-12)13-8-6-5-7-9-13)11-25-16-19-21-22-24(16)17(2,3)4/h5-9H,11H2,1-4H3. The predicted octanol–water partition coefficient (Wildman–Crippen LogP) is 3.09. The van der Waals surface area contributed by atoms with E-state index in [1.807, 2.05) is 62.7 Å². The van der Waals surface area contributed by atoms with Crippen molar-refractivity contribution in [3.8, 4) is 11.8 Å². The lowest BCUT2D eigenvalue weighted by Crippen LogP contribution is -2.24. The Balaban J connectivity index is 1.96. The minimum atomic E-state index is -0.209. The van der Waals surface area contributed by atoms with Gasteiger partial charge in [-0.15, -0.1) is 5.10 Å². The van der Waals surface area contributed by atoms with Crippen molar-refractivity contribution in [2.24, 2.45) is 0 Å². The lowest BCUT2D eigenvalue weighted by atomic mass is 10.1. The Morgan fingerprint density at radius 3 is 2.56 bits per heavy atom. The molecule has 8 heteroatoms. The van der Waals surface area contributed by atoms with Crippen molar-refractivity contribution in [2.45, 2.75) is 44.1 Å². The van der Waals surface area contributed by atoms with Crippen molar-refractivity contribution < 1.29 is 0 Å². The number of hydrogen-bond acceptors (Lipinski definition) is 6. The van der Waals surface area contributed by atoms with Crippen molar-refractivity contribution in [1.29, 1.82) is 5.26 Å². The van der Waals surface area contributed by atoms with E-state index < -0.39 is 0 Å². The summed E-state index contributed by atoms with van der Waals surface area (Å²) >= 11 is 1.50. The highest BCUT2D eigenvalue weighted by atomic mass is 32.2. The highest BCUT2D eigenvalue weighted by Gasteiger charge is 2.22. The zero-order valence-corrected chi connectivity index (χ0v) is 15.4. The Morgan fingerprint density at radius 2 is 1.92 bits per heavy atom. The fourth-order valence-electron chi connectivity index (χ4n) is 2.46. The maximum atomic E-state index is 9.54. The Morgan fingerprint density at radius 1 is 1.20 bits per heavy atom. The molecular weight excluding hydrogens is 334 g/mol. The largest absolute Gasteiger partial charge is 0.235 e. The van der Waals surface area contributed by atoms with E-state index in [1.165, 1.54) is 11.8 Å². The number of hydrogen-bond donors (Lipinski definition) is 0. The molecule has 7 nitrogen and oxygen atoms in total. The molecule has 2 aromatic heterocycles. The summed E-state index contributed by atoms with van der Waals surface area (Å²) in [5, 5.41) is 26.8.